The molecule has 2 aromatic carbocycles. The summed E-state index contributed by atoms with van der Waals surface area (Å²) in [4.78, 5) is 11.9. The number of hydrogen-bond acceptors (Lipinski definition) is 2. The Labute approximate surface area is 138 Å². The highest BCUT2D eigenvalue weighted by atomic mass is 127. The molecule has 21 heavy (non-hydrogen) atoms. The number of nitrogens with one attached hydrogen (secondary N) is 1. The summed E-state index contributed by atoms with van der Waals surface area (Å²) in [7, 11) is 0. The Balaban J connectivity index is 1.87. The van der Waals surface area contributed by atoms with Crippen LogP contribution in [0, 0.1) is 10.5 Å². The van der Waals surface area contributed by atoms with Crippen LogP contribution in [0.2, 0.25) is 0 Å². The van der Waals surface area contributed by atoms with E-state index in [9.17, 15) is 4.79 Å². The Morgan fingerprint density at radius 1 is 1.19 bits per heavy atom. The van der Waals surface area contributed by atoms with Gasteiger partial charge in [-0.2, -0.15) is 0 Å². The SMILES string of the molecule is Cc1ccccc1C(C)NC(=O)COc1ccc(I)cc1. The second-order valence-corrected chi connectivity index (χ2v) is 6.13. The molecule has 0 fully saturated rings. The molecule has 1 N–H and O–H groups in total. The van der Waals surface area contributed by atoms with Crippen LogP contribution in [0.1, 0.15) is 24.1 Å². The Hall–Kier alpha value is -1.56. The molecular formula is C17H18INO2. The van der Waals surface area contributed by atoms with Crippen LogP contribution >= 0.6 is 22.6 Å². The summed E-state index contributed by atoms with van der Waals surface area (Å²) in [6.45, 7) is 4.04. The third-order valence-electron chi connectivity index (χ3n) is 3.22. The number of carbonyl (C=O) groups excluding carboxylic acids is 1. The highest BCUT2D eigenvalue weighted by Crippen LogP contribution is 2.17. The van der Waals surface area contributed by atoms with Crippen LogP contribution in [0.5, 0.6) is 5.75 Å². The van der Waals surface area contributed by atoms with Crippen molar-refractivity contribution >= 4 is 28.5 Å². The van der Waals surface area contributed by atoms with Crippen molar-refractivity contribution in [3.63, 3.8) is 0 Å². The van der Waals surface area contributed by atoms with Crippen LogP contribution in [0.3, 0.4) is 0 Å². The zero-order valence-corrected chi connectivity index (χ0v) is 14.3. The van der Waals surface area contributed by atoms with Crippen molar-refractivity contribution in [2.24, 2.45) is 0 Å². The maximum Gasteiger partial charge on any atom is 0.258 e. The summed E-state index contributed by atoms with van der Waals surface area (Å²) in [6, 6.07) is 15.6. The fourth-order valence-corrected chi connectivity index (χ4v) is 2.47. The standard InChI is InChI=1S/C17H18INO2/c1-12-5-3-4-6-16(12)13(2)19-17(20)11-21-15-9-7-14(18)8-10-15/h3-10,13H,11H2,1-2H3,(H,19,20). The lowest BCUT2D eigenvalue weighted by molar-refractivity contribution is -0.123. The number of hydrogen-bond donors (Lipinski definition) is 1. The van der Waals surface area contributed by atoms with Gasteiger partial charge in [-0.05, 0) is 71.8 Å². The summed E-state index contributed by atoms with van der Waals surface area (Å²) in [5.74, 6) is 0.582. The molecule has 0 aliphatic rings. The first kappa shape index (κ1) is 15.8. The van der Waals surface area contributed by atoms with E-state index in [1.165, 1.54) is 5.56 Å². The monoisotopic (exact) mass is 395 g/mol. The molecule has 0 saturated carbocycles. The molecule has 110 valence electrons. The molecule has 0 aromatic heterocycles. The Kier molecular flexibility index (Phi) is 5.61. The van der Waals surface area contributed by atoms with E-state index in [1.54, 1.807) is 0 Å². The zero-order valence-electron chi connectivity index (χ0n) is 12.1. The lowest BCUT2D eigenvalue weighted by Gasteiger charge is -2.16. The van der Waals surface area contributed by atoms with Gasteiger partial charge >= 0.3 is 0 Å². The maximum atomic E-state index is 11.9. The second kappa shape index (κ2) is 7.45. The summed E-state index contributed by atoms with van der Waals surface area (Å²) in [5, 5.41) is 2.95. The molecule has 0 saturated heterocycles. The molecule has 0 aliphatic carbocycles. The zero-order chi connectivity index (χ0) is 15.2. The molecule has 0 radical (unpaired) electrons. The summed E-state index contributed by atoms with van der Waals surface area (Å²) in [5.41, 5.74) is 2.30. The number of rotatable bonds is 5. The Morgan fingerprint density at radius 3 is 2.52 bits per heavy atom. The van der Waals surface area contributed by atoms with Gasteiger partial charge in [0.05, 0.1) is 6.04 Å². The lowest BCUT2D eigenvalue weighted by Crippen LogP contribution is -2.31. The fraction of sp³-hybridized carbons (Fsp3) is 0.235. The normalized spacial score (nSPS) is 11.8. The number of amides is 1. The van der Waals surface area contributed by atoms with E-state index in [2.05, 4.69) is 27.9 Å². The molecule has 1 atom stereocenters. The van der Waals surface area contributed by atoms with Crippen molar-refractivity contribution in [3.05, 3.63) is 63.2 Å². The average Bonchev–Trinajstić information content (AvgIpc) is 2.47. The molecule has 0 spiro atoms. The second-order valence-electron chi connectivity index (χ2n) is 4.89. The van der Waals surface area contributed by atoms with E-state index >= 15 is 0 Å². The minimum absolute atomic E-state index is 0.0246. The van der Waals surface area contributed by atoms with E-state index in [0.29, 0.717) is 5.75 Å². The lowest BCUT2D eigenvalue weighted by atomic mass is 10.0. The first-order valence-corrected chi connectivity index (χ1v) is 7.87. The molecule has 3 nitrogen and oxygen atoms in total. The van der Waals surface area contributed by atoms with Gasteiger partial charge in [-0.15, -0.1) is 0 Å². The van der Waals surface area contributed by atoms with E-state index < -0.39 is 0 Å². The number of benzene rings is 2. The average molecular weight is 395 g/mol. The van der Waals surface area contributed by atoms with E-state index in [-0.39, 0.29) is 18.6 Å². The molecule has 4 heteroatoms. The van der Waals surface area contributed by atoms with Gasteiger partial charge in [0, 0.05) is 3.57 Å². The van der Waals surface area contributed by atoms with Crippen LogP contribution in [0.15, 0.2) is 48.5 Å². The van der Waals surface area contributed by atoms with Crippen LogP contribution in [-0.4, -0.2) is 12.5 Å². The van der Waals surface area contributed by atoms with Gasteiger partial charge in [0.15, 0.2) is 6.61 Å². The summed E-state index contributed by atoms with van der Waals surface area (Å²) in [6.07, 6.45) is 0. The van der Waals surface area contributed by atoms with Crippen molar-refractivity contribution in [2.75, 3.05) is 6.61 Å². The third kappa shape index (κ3) is 4.74. The minimum atomic E-state index is -0.121. The number of aryl methyl sites for hydroxylation is 1. The first-order valence-electron chi connectivity index (χ1n) is 6.79. The molecule has 2 rings (SSSR count). The van der Waals surface area contributed by atoms with E-state index in [1.807, 2.05) is 62.4 Å². The minimum Gasteiger partial charge on any atom is -0.484 e. The van der Waals surface area contributed by atoms with Crippen molar-refractivity contribution in [3.8, 4) is 5.75 Å². The summed E-state index contributed by atoms with van der Waals surface area (Å²) >= 11 is 2.23. The number of carbonyl (C=O) groups is 1. The smallest absolute Gasteiger partial charge is 0.258 e. The molecule has 2 aromatic rings. The van der Waals surface area contributed by atoms with Crippen molar-refractivity contribution in [2.45, 2.75) is 19.9 Å². The fourth-order valence-electron chi connectivity index (χ4n) is 2.11. The van der Waals surface area contributed by atoms with Crippen molar-refractivity contribution in [1.29, 1.82) is 0 Å². The van der Waals surface area contributed by atoms with Gasteiger partial charge in [-0.25, -0.2) is 0 Å². The van der Waals surface area contributed by atoms with Gasteiger partial charge < -0.3 is 10.1 Å². The predicted molar refractivity (Wildman–Crippen MR) is 92.4 cm³/mol. The van der Waals surface area contributed by atoms with Crippen molar-refractivity contribution < 1.29 is 9.53 Å². The van der Waals surface area contributed by atoms with Gasteiger partial charge in [-0.3, -0.25) is 4.79 Å². The van der Waals surface area contributed by atoms with E-state index in [0.717, 1.165) is 9.13 Å². The predicted octanol–water partition coefficient (Wildman–Crippen LogP) is 3.86. The molecule has 1 unspecified atom stereocenters. The molecule has 0 bridgehead atoms. The van der Waals surface area contributed by atoms with E-state index in [4.69, 9.17) is 4.74 Å². The highest BCUT2D eigenvalue weighted by molar-refractivity contribution is 14.1. The van der Waals surface area contributed by atoms with Gasteiger partial charge in [-0.1, -0.05) is 24.3 Å². The van der Waals surface area contributed by atoms with Crippen LogP contribution in [0.4, 0.5) is 0 Å². The topological polar surface area (TPSA) is 38.3 Å². The third-order valence-corrected chi connectivity index (χ3v) is 3.94. The molecule has 0 heterocycles. The Bertz CT molecular complexity index is 610. The molecular weight excluding hydrogens is 377 g/mol. The van der Waals surface area contributed by atoms with Gasteiger partial charge in [0.1, 0.15) is 5.75 Å². The van der Waals surface area contributed by atoms with Gasteiger partial charge in [0.2, 0.25) is 0 Å². The molecule has 0 aliphatic heterocycles. The van der Waals surface area contributed by atoms with Crippen LogP contribution in [-0.2, 0) is 4.79 Å². The van der Waals surface area contributed by atoms with Crippen molar-refractivity contribution in [1.82, 2.24) is 5.32 Å². The Morgan fingerprint density at radius 2 is 1.86 bits per heavy atom. The summed E-state index contributed by atoms with van der Waals surface area (Å²) < 4.78 is 6.61. The largest absolute Gasteiger partial charge is 0.484 e. The number of ether oxygens (including phenoxy) is 1. The van der Waals surface area contributed by atoms with Gasteiger partial charge in [0.25, 0.3) is 5.91 Å². The highest BCUT2D eigenvalue weighted by Gasteiger charge is 2.11. The maximum absolute atomic E-state index is 11.9. The molecule has 1 amide bonds. The first-order chi connectivity index (χ1) is 10.1. The quantitative estimate of drug-likeness (QED) is 0.782. The van der Waals surface area contributed by atoms with Crippen LogP contribution < -0.4 is 10.1 Å². The number of halogens is 1. The van der Waals surface area contributed by atoms with Crippen LogP contribution in [0.25, 0.3) is 0 Å².